The lowest BCUT2D eigenvalue weighted by molar-refractivity contribution is 0.0791. The maximum absolute atomic E-state index is 12.4. The second-order valence-electron chi connectivity index (χ2n) is 5.15. The molecule has 2 aromatic rings. The molecule has 1 aromatic heterocycles. The minimum absolute atomic E-state index is 0.0980. The zero-order valence-corrected chi connectivity index (χ0v) is 11.2. The number of hydrogen-bond donors (Lipinski definition) is 1. The van der Waals surface area contributed by atoms with Crippen molar-refractivity contribution in [3.63, 3.8) is 0 Å². The Morgan fingerprint density at radius 2 is 2.11 bits per heavy atom. The highest BCUT2D eigenvalue weighted by molar-refractivity contribution is 6.06. The molecule has 0 radical (unpaired) electrons. The summed E-state index contributed by atoms with van der Waals surface area (Å²) in [5.41, 5.74) is 1.79. The molecule has 0 aliphatic carbocycles. The first-order valence-corrected chi connectivity index (χ1v) is 6.41. The molecule has 1 aromatic carbocycles. The van der Waals surface area contributed by atoms with Gasteiger partial charge in [0.05, 0.1) is 0 Å². The van der Waals surface area contributed by atoms with E-state index in [-0.39, 0.29) is 5.91 Å². The van der Waals surface area contributed by atoms with Crippen LogP contribution in [-0.2, 0) is 0 Å². The second kappa shape index (κ2) is 5.25. The van der Waals surface area contributed by atoms with Crippen LogP contribution in [0.3, 0.4) is 0 Å². The lowest BCUT2D eigenvalue weighted by Gasteiger charge is -2.18. The Hall–Kier alpha value is -1.77. The van der Waals surface area contributed by atoms with E-state index < -0.39 is 0 Å². The lowest BCUT2D eigenvalue weighted by atomic mass is 10.1. The minimum Gasteiger partial charge on any atom is -0.361 e. The molecule has 0 unspecified atom stereocenters. The summed E-state index contributed by atoms with van der Waals surface area (Å²) in [7, 11) is 1.87. The van der Waals surface area contributed by atoms with Crippen LogP contribution in [-0.4, -0.2) is 29.4 Å². The summed E-state index contributed by atoms with van der Waals surface area (Å²) in [4.78, 5) is 17.3. The quantitative estimate of drug-likeness (QED) is 0.880. The van der Waals surface area contributed by atoms with Crippen molar-refractivity contribution in [2.75, 3.05) is 13.6 Å². The minimum atomic E-state index is 0.0980. The zero-order valence-electron chi connectivity index (χ0n) is 11.2. The lowest BCUT2D eigenvalue weighted by Crippen LogP contribution is -2.28. The highest BCUT2D eigenvalue weighted by atomic mass is 16.2. The van der Waals surface area contributed by atoms with Crippen LogP contribution in [0.25, 0.3) is 10.9 Å². The van der Waals surface area contributed by atoms with Gasteiger partial charge in [-0.3, -0.25) is 4.79 Å². The van der Waals surface area contributed by atoms with E-state index in [1.54, 1.807) is 0 Å². The van der Waals surface area contributed by atoms with Crippen LogP contribution < -0.4 is 0 Å². The summed E-state index contributed by atoms with van der Waals surface area (Å²) in [6, 6.07) is 7.76. The average molecular weight is 244 g/mol. The van der Waals surface area contributed by atoms with Crippen molar-refractivity contribution in [3.05, 3.63) is 36.0 Å². The fraction of sp³-hybridized carbons (Fsp3) is 0.400. The number of rotatable bonds is 4. The van der Waals surface area contributed by atoms with Gasteiger partial charge >= 0.3 is 0 Å². The van der Waals surface area contributed by atoms with Crippen molar-refractivity contribution in [2.24, 2.45) is 5.92 Å². The van der Waals surface area contributed by atoms with Crippen molar-refractivity contribution in [3.8, 4) is 0 Å². The first kappa shape index (κ1) is 12.7. The highest BCUT2D eigenvalue weighted by Gasteiger charge is 2.14. The van der Waals surface area contributed by atoms with Crippen LogP contribution in [0.15, 0.2) is 30.5 Å². The Morgan fingerprint density at radius 1 is 1.33 bits per heavy atom. The summed E-state index contributed by atoms with van der Waals surface area (Å²) in [6.07, 6.45) is 2.90. The van der Waals surface area contributed by atoms with E-state index >= 15 is 0 Å². The Kier molecular flexibility index (Phi) is 3.70. The topological polar surface area (TPSA) is 36.1 Å². The maximum Gasteiger partial charge on any atom is 0.254 e. The van der Waals surface area contributed by atoms with Crippen molar-refractivity contribution < 1.29 is 4.79 Å². The first-order valence-electron chi connectivity index (χ1n) is 6.41. The van der Waals surface area contributed by atoms with Gasteiger partial charge in [-0.25, -0.2) is 0 Å². The molecule has 96 valence electrons. The van der Waals surface area contributed by atoms with Gasteiger partial charge < -0.3 is 9.88 Å². The van der Waals surface area contributed by atoms with E-state index in [9.17, 15) is 4.79 Å². The monoisotopic (exact) mass is 244 g/mol. The summed E-state index contributed by atoms with van der Waals surface area (Å²) in [5, 5.41) is 0.999. The Morgan fingerprint density at radius 3 is 2.83 bits per heavy atom. The molecule has 0 saturated carbocycles. The number of aromatic nitrogens is 1. The van der Waals surface area contributed by atoms with Crippen LogP contribution >= 0.6 is 0 Å². The molecule has 0 bridgehead atoms. The van der Waals surface area contributed by atoms with Crippen molar-refractivity contribution >= 4 is 16.8 Å². The molecule has 0 atom stereocenters. The summed E-state index contributed by atoms with van der Waals surface area (Å²) in [6.45, 7) is 5.15. The molecular formula is C15H20N2O. The van der Waals surface area contributed by atoms with Crippen LogP contribution in [0.4, 0.5) is 0 Å². The zero-order chi connectivity index (χ0) is 13.1. The van der Waals surface area contributed by atoms with Gasteiger partial charge in [0.25, 0.3) is 5.91 Å². The molecule has 1 amide bonds. The van der Waals surface area contributed by atoms with Crippen molar-refractivity contribution in [2.45, 2.75) is 20.3 Å². The summed E-state index contributed by atoms with van der Waals surface area (Å²) >= 11 is 0. The van der Waals surface area contributed by atoms with Crippen LogP contribution in [0.2, 0.25) is 0 Å². The second-order valence-corrected chi connectivity index (χ2v) is 5.15. The predicted molar refractivity (Wildman–Crippen MR) is 74.7 cm³/mol. The number of aromatic amines is 1. The molecule has 3 heteroatoms. The van der Waals surface area contributed by atoms with Gasteiger partial charge in [-0.05, 0) is 30.5 Å². The molecule has 0 spiro atoms. The van der Waals surface area contributed by atoms with Gasteiger partial charge in [0.2, 0.25) is 0 Å². The average Bonchev–Trinajstić information content (AvgIpc) is 2.82. The van der Waals surface area contributed by atoms with E-state index in [0.29, 0.717) is 5.92 Å². The van der Waals surface area contributed by atoms with Gasteiger partial charge in [0.15, 0.2) is 0 Å². The largest absolute Gasteiger partial charge is 0.361 e. The van der Waals surface area contributed by atoms with Gasteiger partial charge in [-0.1, -0.05) is 19.9 Å². The van der Waals surface area contributed by atoms with E-state index in [4.69, 9.17) is 0 Å². The predicted octanol–water partition coefficient (Wildman–Crippen LogP) is 3.29. The van der Waals surface area contributed by atoms with Crippen molar-refractivity contribution in [1.82, 2.24) is 9.88 Å². The fourth-order valence-electron chi connectivity index (χ4n) is 2.03. The van der Waals surface area contributed by atoms with Crippen LogP contribution in [0, 0.1) is 5.92 Å². The maximum atomic E-state index is 12.4. The van der Waals surface area contributed by atoms with Gasteiger partial charge in [-0.15, -0.1) is 0 Å². The van der Waals surface area contributed by atoms with Crippen molar-refractivity contribution in [1.29, 1.82) is 0 Å². The third kappa shape index (κ3) is 2.55. The molecule has 0 aliphatic heterocycles. The first-order chi connectivity index (χ1) is 8.59. The van der Waals surface area contributed by atoms with Gasteiger partial charge in [-0.2, -0.15) is 0 Å². The number of nitrogens with one attached hydrogen (secondary N) is 1. The Labute approximate surface area is 108 Å². The molecule has 1 heterocycles. The van der Waals surface area contributed by atoms with Crippen LogP contribution in [0.5, 0.6) is 0 Å². The molecule has 18 heavy (non-hydrogen) atoms. The normalized spacial score (nSPS) is 11.1. The third-order valence-electron chi connectivity index (χ3n) is 3.21. The molecular weight excluding hydrogens is 224 g/mol. The number of fused-ring (bicyclic) bond motifs is 1. The van der Waals surface area contributed by atoms with E-state index in [1.165, 1.54) is 0 Å². The van der Waals surface area contributed by atoms with Crippen LogP contribution in [0.1, 0.15) is 30.6 Å². The number of nitrogens with zero attached hydrogens (tertiary/aromatic N) is 1. The number of carbonyl (C=O) groups is 1. The Balaban J connectivity index is 2.20. The van der Waals surface area contributed by atoms with E-state index in [2.05, 4.69) is 18.8 Å². The number of carbonyl (C=O) groups excluding carboxylic acids is 1. The summed E-state index contributed by atoms with van der Waals surface area (Å²) in [5.74, 6) is 0.712. The smallest absolute Gasteiger partial charge is 0.254 e. The molecule has 2 rings (SSSR count). The third-order valence-corrected chi connectivity index (χ3v) is 3.21. The van der Waals surface area contributed by atoms with Gasteiger partial charge in [0, 0.05) is 36.3 Å². The number of benzene rings is 1. The number of amides is 1. The SMILES string of the molecule is CC(C)CCN(C)C(=O)c1cccc2[nH]ccc12. The Bertz CT molecular complexity index is 542. The standard InChI is InChI=1S/C15H20N2O/c1-11(2)8-10-17(3)15(18)13-5-4-6-14-12(13)7-9-16-14/h4-7,9,11,16H,8,10H2,1-3H3. The number of hydrogen-bond acceptors (Lipinski definition) is 1. The van der Waals surface area contributed by atoms with E-state index in [1.807, 2.05) is 42.4 Å². The molecule has 1 N–H and O–H groups in total. The molecule has 3 nitrogen and oxygen atoms in total. The molecule has 0 fully saturated rings. The van der Waals surface area contributed by atoms with Gasteiger partial charge in [0.1, 0.15) is 0 Å². The molecule has 0 aliphatic rings. The highest BCUT2D eigenvalue weighted by Crippen LogP contribution is 2.19. The summed E-state index contributed by atoms with van der Waals surface area (Å²) < 4.78 is 0. The number of H-pyrrole nitrogens is 1. The van der Waals surface area contributed by atoms with E-state index in [0.717, 1.165) is 29.4 Å². The fourth-order valence-corrected chi connectivity index (χ4v) is 2.03. The molecule has 0 saturated heterocycles.